The fraction of sp³-hybridized carbons (Fsp3) is 0.273. The number of carbonyl (C=O) groups excluding carboxylic acids is 2. The van der Waals surface area contributed by atoms with Gasteiger partial charge in [0.2, 0.25) is 12.2 Å². The summed E-state index contributed by atoms with van der Waals surface area (Å²) in [5.41, 5.74) is 0.674. The van der Waals surface area contributed by atoms with Gasteiger partial charge in [0.25, 0.3) is 0 Å². The van der Waals surface area contributed by atoms with E-state index in [-0.39, 0.29) is 0 Å². The molecule has 16 heavy (non-hydrogen) atoms. The van der Waals surface area contributed by atoms with Gasteiger partial charge in [0.15, 0.2) is 0 Å². The Labute approximate surface area is 92.5 Å². The Morgan fingerprint density at radius 2 is 2.00 bits per heavy atom. The van der Waals surface area contributed by atoms with Gasteiger partial charge in [-0.05, 0) is 24.6 Å². The molecule has 0 heterocycles. The van der Waals surface area contributed by atoms with Crippen molar-refractivity contribution < 1.29 is 14.3 Å². The largest absolute Gasteiger partial charge is 0.491 e. The van der Waals surface area contributed by atoms with Crippen molar-refractivity contribution in [3.05, 3.63) is 18.2 Å². The second-order valence-corrected chi connectivity index (χ2v) is 2.91. The first-order chi connectivity index (χ1) is 7.81. The Hall–Kier alpha value is -2.22. The lowest BCUT2D eigenvalue weighted by atomic mass is 10.2. The Morgan fingerprint density at radius 1 is 1.25 bits per heavy atom. The van der Waals surface area contributed by atoms with E-state index in [1.165, 1.54) is 18.2 Å². The summed E-state index contributed by atoms with van der Waals surface area (Å²) in [6.07, 6.45) is 3.68. The van der Waals surface area contributed by atoms with Gasteiger partial charge in [0.1, 0.15) is 11.4 Å². The quantitative estimate of drug-likeness (QED) is 0.563. The second kappa shape index (κ2) is 6.30. The highest BCUT2D eigenvalue weighted by Crippen LogP contribution is 2.31. The van der Waals surface area contributed by atoms with Gasteiger partial charge in [-0.2, -0.15) is 9.98 Å². The summed E-state index contributed by atoms with van der Waals surface area (Å²) in [5, 5.41) is 0. The van der Waals surface area contributed by atoms with Gasteiger partial charge in [-0.1, -0.05) is 6.92 Å². The van der Waals surface area contributed by atoms with Gasteiger partial charge in [0.05, 0.1) is 12.3 Å². The zero-order valence-electron chi connectivity index (χ0n) is 8.77. The second-order valence-electron chi connectivity index (χ2n) is 2.91. The normalized spacial score (nSPS) is 8.81. The Balaban J connectivity index is 3.08. The van der Waals surface area contributed by atoms with Gasteiger partial charge < -0.3 is 4.74 Å². The van der Waals surface area contributed by atoms with Crippen molar-refractivity contribution in [2.75, 3.05) is 6.61 Å². The van der Waals surface area contributed by atoms with E-state index >= 15 is 0 Å². The summed E-state index contributed by atoms with van der Waals surface area (Å²) >= 11 is 0. The maximum atomic E-state index is 10.2. The number of ether oxygens (including phenoxy) is 1. The van der Waals surface area contributed by atoms with Gasteiger partial charge in [-0.3, -0.25) is 0 Å². The molecule has 0 aromatic heterocycles. The molecule has 0 radical (unpaired) electrons. The lowest BCUT2D eigenvalue weighted by molar-refractivity contribution is 0.318. The predicted molar refractivity (Wildman–Crippen MR) is 57.8 cm³/mol. The molecule has 0 fully saturated rings. The number of hydrogen-bond donors (Lipinski definition) is 0. The van der Waals surface area contributed by atoms with Crippen LogP contribution in [-0.4, -0.2) is 18.8 Å². The summed E-state index contributed by atoms with van der Waals surface area (Å²) in [4.78, 5) is 27.2. The first-order valence-electron chi connectivity index (χ1n) is 4.74. The Morgan fingerprint density at radius 3 is 2.62 bits per heavy atom. The van der Waals surface area contributed by atoms with Crippen molar-refractivity contribution in [3.8, 4) is 5.75 Å². The maximum Gasteiger partial charge on any atom is 0.240 e. The fourth-order valence-corrected chi connectivity index (χ4v) is 1.10. The van der Waals surface area contributed by atoms with Crippen LogP contribution in [0.3, 0.4) is 0 Å². The molecule has 1 aromatic rings. The smallest absolute Gasteiger partial charge is 0.240 e. The van der Waals surface area contributed by atoms with Crippen molar-refractivity contribution in [2.45, 2.75) is 13.3 Å². The molecule has 0 unspecified atom stereocenters. The van der Waals surface area contributed by atoms with E-state index in [4.69, 9.17) is 4.74 Å². The minimum absolute atomic E-state index is 0.306. The molecular formula is C11H10N2O3. The molecular weight excluding hydrogens is 208 g/mol. The third-order valence-corrected chi connectivity index (χ3v) is 1.75. The minimum Gasteiger partial charge on any atom is -0.491 e. The van der Waals surface area contributed by atoms with Crippen molar-refractivity contribution in [3.63, 3.8) is 0 Å². The SMILES string of the molecule is CCCOc1ccc(N=C=O)cc1N=C=O. The van der Waals surface area contributed by atoms with Gasteiger partial charge >= 0.3 is 0 Å². The monoisotopic (exact) mass is 218 g/mol. The molecule has 0 aliphatic rings. The molecule has 0 N–H and O–H groups in total. The number of hydrogen-bond acceptors (Lipinski definition) is 5. The lowest BCUT2D eigenvalue weighted by Crippen LogP contribution is -1.94. The minimum atomic E-state index is 0.306. The number of aliphatic imine (C=N–C) groups is 2. The van der Waals surface area contributed by atoms with Crippen molar-refractivity contribution in [2.24, 2.45) is 9.98 Å². The maximum absolute atomic E-state index is 10.2. The lowest BCUT2D eigenvalue weighted by Gasteiger charge is -2.06. The van der Waals surface area contributed by atoms with E-state index < -0.39 is 0 Å². The Bertz CT molecular complexity index is 458. The molecule has 0 bridgehead atoms. The fourth-order valence-electron chi connectivity index (χ4n) is 1.10. The zero-order valence-corrected chi connectivity index (χ0v) is 8.77. The molecule has 0 aliphatic heterocycles. The molecule has 82 valence electrons. The van der Waals surface area contributed by atoms with E-state index in [9.17, 15) is 9.59 Å². The van der Waals surface area contributed by atoms with E-state index in [0.29, 0.717) is 23.7 Å². The third kappa shape index (κ3) is 3.17. The summed E-state index contributed by atoms with van der Waals surface area (Å²) in [5.74, 6) is 0.468. The number of nitrogens with zero attached hydrogens (tertiary/aromatic N) is 2. The van der Waals surface area contributed by atoms with Crippen LogP contribution in [0.5, 0.6) is 5.75 Å². The van der Waals surface area contributed by atoms with Crippen LogP contribution >= 0.6 is 0 Å². The van der Waals surface area contributed by atoms with Crippen LogP contribution in [0.15, 0.2) is 28.2 Å². The number of rotatable bonds is 5. The first-order valence-corrected chi connectivity index (χ1v) is 4.74. The van der Waals surface area contributed by atoms with Crippen molar-refractivity contribution >= 4 is 23.5 Å². The van der Waals surface area contributed by atoms with Crippen LogP contribution in [0, 0.1) is 0 Å². The van der Waals surface area contributed by atoms with Crippen LogP contribution in [0.1, 0.15) is 13.3 Å². The van der Waals surface area contributed by atoms with E-state index in [1.54, 1.807) is 12.1 Å². The molecule has 0 spiro atoms. The van der Waals surface area contributed by atoms with Crippen LogP contribution in [0.25, 0.3) is 0 Å². The average Bonchev–Trinajstić information content (AvgIpc) is 2.29. The molecule has 0 aliphatic carbocycles. The average molecular weight is 218 g/mol. The number of benzene rings is 1. The van der Waals surface area contributed by atoms with Crippen molar-refractivity contribution in [1.29, 1.82) is 0 Å². The highest BCUT2D eigenvalue weighted by molar-refractivity contribution is 5.64. The molecule has 1 rings (SSSR count). The molecule has 0 amide bonds. The standard InChI is InChI=1S/C11H10N2O3/c1-2-5-16-11-4-3-9(12-7-14)6-10(11)13-8-15/h3-4,6H,2,5H2,1H3. The first kappa shape index (κ1) is 11.9. The van der Waals surface area contributed by atoms with E-state index in [0.717, 1.165) is 6.42 Å². The van der Waals surface area contributed by atoms with Gasteiger partial charge in [0, 0.05) is 0 Å². The predicted octanol–water partition coefficient (Wildman–Crippen LogP) is 2.41. The molecule has 5 heteroatoms. The summed E-state index contributed by atoms with van der Waals surface area (Å²) in [6.45, 7) is 2.49. The third-order valence-electron chi connectivity index (χ3n) is 1.75. The summed E-state index contributed by atoms with van der Waals surface area (Å²) in [7, 11) is 0. The van der Waals surface area contributed by atoms with Crippen LogP contribution in [-0.2, 0) is 9.59 Å². The summed E-state index contributed by atoms with van der Waals surface area (Å²) in [6, 6.07) is 4.64. The highest BCUT2D eigenvalue weighted by atomic mass is 16.5. The Kier molecular flexibility index (Phi) is 4.67. The number of isocyanates is 2. The molecule has 0 atom stereocenters. The van der Waals surface area contributed by atoms with Crippen LogP contribution in [0.4, 0.5) is 11.4 Å². The highest BCUT2D eigenvalue weighted by Gasteiger charge is 2.03. The molecule has 5 nitrogen and oxygen atoms in total. The van der Waals surface area contributed by atoms with E-state index in [1.807, 2.05) is 6.92 Å². The molecule has 1 aromatic carbocycles. The molecule has 0 saturated heterocycles. The van der Waals surface area contributed by atoms with Crippen LogP contribution in [0.2, 0.25) is 0 Å². The van der Waals surface area contributed by atoms with E-state index in [2.05, 4.69) is 9.98 Å². The summed E-state index contributed by atoms with van der Waals surface area (Å²) < 4.78 is 5.36. The van der Waals surface area contributed by atoms with Gasteiger partial charge in [-0.25, -0.2) is 9.59 Å². The van der Waals surface area contributed by atoms with Crippen molar-refractivity contribution in [1.82, 2.24) is 0 Å². The van der Waals surface area contributed by atoms with Gasteiger partial charge in [-0.15, -0.1) is 0 Å². The topological polar surface area (TPSA) is 68.1 Å². The molecule has 0 saturated carbocycles. The van der Waals surface area contributed by atoms with Crippen LogP contribution < -0.4 is 4.74 Å². The zero-order chi connectivity index (χ0) is 11.8.